The molecule has 0 aliphatic carbocycles. The predicted molar refractivity (Wildman–Crippen MR) is 193 cm³/mol. The van der Waals surface area contributed by atoms with E-state index in [4.69, 9.17) is 16.0 Å². The first-order chi connectivity index (χ1) is 22.7. The molecule has 0 amide bonds. The Hall–Kier alpha value is -5.77. The number of hydrogen-bond acceptors (Lipinski definition) is 1. The van der Waals surface area contributed by atoms with Gasteiger partial charge in [0.1, 0.15) is 5.58 Å². The molecule has 0 spiro atoms. The molecule has 4 heteroatoms. The summed E-state index contributed by atoms with van der Waals surface area (Å²) in [6, 6.07) is 53.8. The zero-order valence-electron chi connectivity index (χ0n) is 24.6. The minimum atomic E-state index is 0.613. The highest BCUT2D eigenvalue weighted by atomic mass is 35.5. The number of aromatic nitrogens is 2. The van der Waals surface area contributed by atoms with Gasteiger partial charge in [0.2, 0.25) is 0 Å². The number of halogens is 1. The minimum Gasteiger partial charge on any atom is -0.454 e. The molecule has 0 unspecified atom stereocenters. The van der Waals surface area contributed by atoms with Crippen LogP contribution in [0.5, 0.6) is 0 Å². The van der Waals surface area contributed by atoms with E-state index in [9.17, 15) is 0 Å². The summed E-state index contributed by atoms with van der Waals surface area (Å²) in [6.45, 7) is 0. The van der Waals surface area contributed by atoms with Gasteiger partial charge in [0.25, 0.3) is 0 Å². The maximum Gasteiger partial charge on any atom is 0.156 e. The van der Waals surface area contributed by atoms with Crippen LogP contribution in [0.2, 0.25) is 5.02 Å². The van der Waals surface area contributed by atoms with Crippen LogP contribution < -0.4 is 0 Å². The lowest BCUT2D eigenvalue weighted by Gasteiger charge is -2.11. The lowest BCUT2D eigenvalue weighted by Crippen LogP contribution is -1.95. The van der Waals surface area contributed by atoms with E-state index in [1.807, 2.05) is 24.3 Å². The second kappa shape index (κ2) is 9.61. The van der Waals surface area contributed by atoms with Gasteiger partial charge in [-0.1, -0.05) is 96.5 Å². The molecule has 0 atom stereocenters. The van der Waals surface area contributed by atoms with Crippen LogP contribution in [-0.4, -0.2) is 9.13 Å². The first-order valence-corrected chi connectivity index (χ1v) is 15.8. The Bertz CT molecular complexity index is 2820. The van der Waals surface area contributed by atoms with E-state index >= 15 is 0 Å². The zero-order chi connectivity index (χ0) is 30.4. The average Bonchev–Trinajstić information content (AvgIpc) is 3.77. The molecule has 0 aliphatic rings. The first-order valence-electron chi connectivity index (χ1n) is 15.5. The van der Waals surface area contributed by atoms with Crippen molar-refractivity contribution in [2.75, 3.05) is 0 Å². The van der Waals surface area contributed by atoms with Crippen LogP contribution in [0.4, 0.5) is 0 Å². The molecule has 7 aromatic carbocycles. The van der Waals surface area contributed by atoms with Crippen LogP contribution in [0.15, 0.2) is 156 Å². The van der Waals surface area contributed by atoms with E-state index in [2.05, 4.69) is 137 Å². The molecule has 0 N–H and O–H groups in total. The van der Waals surface area contributed by atoms with Gasteiger partial charge in [-0.2, -0.15) is 0 Å². The van der Waals surface area contributed by atoms with Gasteiger partial charge in [-0.05, 0) is 77.9 Å². The fraction of sp³-hybridized carbons (Fsp3) is 0. The summed E-state index contributed by atoms with van der Waals surface area (Å²) in [6.07, 6.45) is 0. The van der Waals surface area contributed by atoms with Crippen molar-refractivity contribution in [1.82, 2.24) is 9.13 Å². The largest absolute Gasteiger partial charge is 0.454 e. The summed E-state index contributed by atoms with van der Waals surface area (Å²) < 4.78 is 11.0. The van der Waals surface area contributed by atoms with Gasteiger partial charge >= 0.3 is 0 Å². The molecule has 0 bridgehead atoms. The number of fused-ring (bicyclic) bond motifs is 9. The molecule has 0 saturated heterocycles. The fourth-order valence-electron chi connectivity index (χ4n) is 7.39. The molecule has 0 aliphatic heterocycles. The van der Waals surface area contributed by atoms with Crippen molar-refractivity contribution in [3.05, 3.63) is 157 Å². The van der Waals surface area contributed by atoms with Crippen molar-refractivity contribution in [3.8, 4) is 22.5 Å². The van der Waals surface area contributed by atoms with Crippen LogP contribution in [0.3, 0.4) is 0 Å². The van der Waals surface area contributed by atoms with Crippen LogP contribution >= 0.6 is 11.6 Å². The predicted octanol–water partition coefficient (Wildman–Crippen LogP) is 12.1. The van der Waals surface area contributed by atoms with Gasteiger partial charge in [0.15, 0.2) is 5.58 Å². The minimum absolute atomic E-state index is 0.613. The van der Waals surface area contributed by atoms with E-state index in [1.54, 1.807) is 0 Å². The summed E-state index contributed by atoms with van der Waals surface area (Å²) >= 11 is 6.70. The highest BCUT2D eigenvalue weighted by molar-refractivity contribution is 6.36. The van der Waals surface area contributed by atoms with E-state index in [-0.39, 0.29) is 0 Å². The SMILES string of the molecule is Clc1ccc(-n2c3ccccc3c3cc(-c4ccc5c(c4)c4ccccc4n5-c4ccccc4)ccc32)c2c1oc1ccccc12. The van der Waals surface area contributed by atoms with Gasteiger partial charge in [-0.3, -0.25) is 0 Å². The summed E-state index contributed by atoms with van der Waals surface area (Å²) in [7, 11) is 0. The maximum absolute atomic E-state index is 6.70. The van der Waals surface area contributed by atoms with Gasteiger partial charge in [0, 0.05) is 32.6 Å². The van der Waals surface area contributed by atoms with E-state index in [0.717, 1.165) is 38.8 Å². The Kier molecular flexibility index (Phi) is 5.34. The fourth-order valence-corrected chi connectivity index (χ4v) is 7.58. The number of para-hydroxylation sites is 4. The third-order valence-corrected chi connectivity index (χ3v) is 9.69. The first kappa shape index (κ1) is 25.5. The molecule has 3 heterocycles. The summed E-state index contributed by atoms with van der Waals surface area (Å²) in [4.78, 5) is 0. The molecule has 10 rings (SSSR count). The molecule has 0 fully saturated rings. The highest BCUT2D eigenvalue weighted by Gasteiger charge is 2.20. The Morgan fingerprint density at radius 1 is 0.435 bits per heavy atom. The van der Waals surface area contributed by atoms with E-state index in [1.165, 1.54) is 43.7 Å². The van der Waals surface area contributed by atoms with Gasteiger partial charge in [-0.25, -0.2) is 0 Å². The number of nitrogens with zero attached hydrogens (tertiary/aromatic N) is 2. The monoisotopic (exact) mass is 608 g/mol. The number of hydrogen-bond donors (Lipinski definition) is 0. The zero-order valence-corrected chi connectivity index (χ0v) is 25.4. The van der Waals surface area contributed by atoms with Crippen LogP contribution in [0, 0.1) is 0 Å². The van der Waals surface area contributed by atoms with Gasteiger partial charge in [-0.15, -0.1) is 0 Å². The van der Waals surface area contributed by atoms with Crippen molar-refractivity contribution < 1.29 is 4.42 Å². The van der Waals surface area contributed by atoms with Crippen molar-refractivity contribution in [2.45, 2.75) is 0 Å². The molecule has 10 aromatic rings. The van der Waals surface area contributed by atoms with Crippen molar-refractivity contribution in [2.24, 2.45) is 0 Å². The Morgan fingerprint density at radius 2 is 0.978 bits per heavy atom. The Balaban J connectivity index is 1.21. The summed E-state index contributed by atoms with van der Waals surface area (Å²) in [5.74, 6) is 0. The van der Waals surface area contributed by atoms with Crippen molar-refractivity contribution in [3.63, 3.8) is 0 Å². The van der Waals surface area contributed by atoms with Crippen molar-refractivity contribution >= 4 is 77.2 Å². The average molecular weight is 609 g/mol. The quantitative estimate of drug-likeness (QED) is 0.196. The number of rotatable bonds is 3. The molecular formula is C42H25ClN2O. The molecule has 3 aromatic heterocycles. The van der Waals surface area contributed by atoms with Crippen LogP contribution in [-0.2, 0) is 0 Å². The standard InChI is InChI=1S/C42H25ClN2O/c43-34-20-23-39(41-31-14-6-9-17-40(31)46-42(34)41)45-36-16-8-5-13-30(36)33-25-27(19-22-38(33)45)26-18-21-37-32(24-26)29-12-4-7-15-35(29)44(37)28-10-2-1-3-11-28/h1-25H. The second-order valence-corrected chi connectivity index (χ2v) is 12.3. The third kappa shape index (κ3) is 3.55. The Labute approximate surface area is 269 Å². The smallest absolute Gasteiger partial charge is 0.156 e. The lowest BCUT2D eigenvalue weighted by molar-refractivity contribution is 0.669. The molecule has 0 radical (unpaired) electrons. The normalized spacial score (nSPS) is 12.0. The van der Waals surface area contributed by atoms with Gasteiger partial charge in [0.05, 0.1) is 38.2 Å². The number of benzene rings is 7. The second-order valence-electron chi connectivity index (χ2n) is 11.9. The van der Waals surface area contributed by atoms with Crippen LogP contribution in [0.1, 0.15) is 0 Å². The Morgan fingerprint density at radius 3 is 1.67 bits per heavy atom. The molecule has 3 nitrogen and oxygen atoms in total. The third-order valence-electron chi connectivity index (χ3n) is 9.39. The summed E-state index contributed by atoms with van der Waals surface area (Å²) in [5.41, 5.74) is 10.8. The molecule has 46 heavy (non-hydrogen) atoms. The topological polar surface area (TPSA) is 23.0 Å². The highest BCUT2D eigenvalue weighted by Crippen LogP contribution is 2.42. The van der Waals surface area contributed by atoms with E-state index < -0.39 is 0 Å². The van der Waals surface area contributed by atoms with Crippen molar-refractivity contribution in [1.29, 1.82) is 0 Å². The maximum atomic E-state index is 6.70. The summed E-state index contributed by atoms with van der Waals surface area (Å²) in [5, 5.41) is 7.60. The van der Waals surface area contributed by atoms with E-state index in [0.29, 0.717) is 10.6 Å². The molecule has 0 saturated carbocycles. The molecule has 216 valence electrons. The van der Waals surface area contributed by atoms with Crippen LogP contribution in [0.25, 0.3) is 88.1 Å². The molecular weight excluding hydrogens is 584 g/mol. The lowest BCUT2D eigenvalue weighted by atomic mass is 10.0. The van der Waals surface area contributed by atoms with Gasteiger partial charge < -0.3 is 13.6 Å². The number of furan rings is 1.